The lowest BCUT2D eigenvalue weighted by atomic mass is 10.0. The molecule has 0 aromatic carbocycles. The molecule has 2 atom stereocenters. The average Bonchev–Trinajstić information content (AvgIpc) is 2.80. The molecule has 5 nitrogen and oxygen atoms in total. The monoisotopic (exact) mass is 348 g/mol. The second-order valence-corrected chi connectivity index (χ2v) is 6.84. The lowest BCUT2D eigenvalue weighted by Gasteiger charge is -2.30. The van der Waals surface area contributed by atoms with Crippen molar-refractivity contribution >= 4 is 27.7 Å². The predicted molar refractivity (Wildman–Crippen MR) is 82.0 cm³/mol. The van der Waals surface area contributed by atoms with Gasteiger partial charge in [-0.1, -0.05) is 6.42 Å². The molecular formula is C12H21BrN4OS. The quantitative estimate of drug-likeness (QED) is 0.608. The summed E-state index contributed by atoms with van der Waals surface area (Å²) in [5, 5.41) is 4.91. The van der Waals surface area contributed by atoms with E-state index in [9.17, 15) is 0 Å². The van der Waals surface area contributed by atoms with Gasteiger partial charge in [-0.25, -0.2) is 0 Å². The fourth-order valence-electron chi connectivity index (χ4n) is 2.43. The summed E-state index contributed by atoms with van der Waals surface area (Å²) in [6, 6.07) is 0.124. The van der Waals surface area contributed by atoms with Crippen molar-refractivity contribution in [3.63, 3.8) is 0 Å². The molecule has 1 fully saturated rings. The van der Waals surface area contributed by atoms with Gasteiger partial charge in [0.15, 0.2) is 0 Å². The Hall–Kier alpha value is -0.0800. The van der Waals surface area contributed by atoms with Crippen LogP contribution in [-0.2, 0) is 11.3 Å². The standard InChI is InChI=1S/C12H21BrN4OS/c1-18-6-5-17-12(9(13)8-15-17)11(16-14)10-4-2-3-7-19-10/h8,10-11,16H,2-7,14H2,1H3. The molecule has 1 aromatic rings. The molecule has 0 radical (unpaired) electrons. The van der Waals surface area contributed by atoms with E-state index in [0.29, 0.717) is 11.9 Å². The van der Waals surface area contributed by atoms with Crippen LogP contribution in [0.1, 0.15) is 31.0 Å². The van der Waals surface area contributed by atoms with E-state index in [1.54, 1.807) is 7.11 Å². The number of thioether (sulfide) groups is 1. The summed E-state index contributed by atoms with van der Waals surface area (Å²) in [7, 11) is 1.70. The molecule has 0 saturated carbocycles. The van der Waals surface area contributed by atoms with Gasteiger partial charge in [-0.2, -0.15) is 16.9 Å². The molecule has 1 aliphatic rings. The van der Waals surface area contributed by atoms with Gasteiger partial charge in [0.2, 0.25) is 0 Å². The fraction of sp³-hybridized carbons (Fsp3) is 0.750. The Labute approximate surface area is 126 Å². The maximum atomic E-state index is 5.80. The van der Waals surface area contributed by atoms with Crippen LogP contribution < -0.4 is 11.3 Å². The van der Waals surface area contributed by atoms with Crippen molar-refractivity contribution in [1.29, 1.82) is 0 Å². The highest BCUT2D eigenvalue weighted by atomic mass is 79.9. The first kappa shape index (κ1) is 15.3. The predicted octanol–water partition coefficient (Wildman–Crippen LogP) is 2.08. The third kappa shape index (κ3) is 3.72. The summed E-state index contributed by atoms with van der Waals surface area (Å²) in [4.78, 5) is 0. The zero-order chi connectivity index (χ0) is 13.7. The number of rotatable bonds is 6. The minimum atomic E-state index is 0.124. The van der Waals surface area contributed by atoms with E-state index in [1.807, 2.05) is 22.6 Å². The number of hydrogen-bond donors (Lipinski definition) is 2. The summed E-state index contributed by atoms with van der Waals surface area (Å²) in [6.45, 7) is 1.39. The molecule has 1 saturated heterocycles. The first-order chi connectivity index (χ1) is 9.27. The normalized spacial score (nSPS) is 21.5. The third-order valence-electron chi connectivity index (χ3n) is 3.40. The van der Waals surface area contributed by atoms with Crippen molar-refractivity contribution in [2.24, 2.45) is 5.84 Å². The van der Waals surface area contributed by atoms with Crippen molar-refractivity contribution in [1.82, 2.24) is 15.2 Å². The Kier molecular flexibility index (Phi) is 6.15. The molecule has 0 amide bonds. The lowest BCUT2D eigenvalue weighted by molar-refractivity contribution is 0.181. The maximum absolute atomic E-state index is 5.80. The topological polar surface area (TPSA) is 65.1 Å². The number of ether oxygens (including phenoxy) is 1. The molecule has 0 aliphatic carbocycles. The van der Waals surface area contributed by atoms with E-state index in [4.69, 9.17) is 10.6 Å². The third-order valence-corrected chi connectivity index (χ3v) is 5.47. The van der Waals surface area contributed by atoms with Gasteiger partial charge in [-0.05, 0) is 34.5 Å². The van der Waals surface area contributed by atoms with E-state index >= 15 is 0 Å². The summed E-state index contributed by atoms with van der Waals surface area (Å²) in [5.74, 6) is 7.02. The van der Waals surface area contributed by atoms with Crippen LogP contribution in [0.3, 0.4) is 0 Å². The van der Waals surface area contributed by atoms with Crippen LogP contribution in [0.15, 0.2) is 10.7 Å². The van der Waals surface area contributed by atoms with Crippen molar-refractivity contribution in [3.05, 3.63) is 16.4 Å². The van der Waals surface area contributed by atoms with Crippen LogP contribution in [-0.4, -0.2) is 34.5 Å². The van der Waals surface area contributed by atoms with Crippen molar-refractivity contribution in [2.45, 2.75) is 37.1 Å². The molecule has 2 unspecified atom stereocenters. The smallest absolute Gasteiger partial charge is 0.0758 e. The van der Waals surface area contributed by atoms with Crippen LogP contribution in [0, 0.1) is 0 Å². The Bertz CT molecular complexity index is 395. The largest absolute Gasteiger partial charge is 0.383 e. The highest BCUT2D eigenvalue weighted by Crippen LogP contribution is 2.36. The Morgan fingerprint density at radius 3 is 3.16 bits per heavy atom. The van der Waals surface area contributed by atoms with Crippen LogP contribution in [0.2, 0.25) is 0 Å². The van der Waals surface area contributed by atoms with E-state index in [-0.39, 0.29) is 6.04 Å². The first-order valence-electron chi connectivity index (χ1n) is 6.55. The van der Waals surface area contributed by atoms with Gasteiger partial charge >= 0.3 is 0 Å². The number of methoxy groups -OCH3 is 1. The van der Waals surface area contributed by atoms with Crippen LogP contribution in [0.4, 0.5) is 0 Å². The number of hydrazine groups is 1. The molecule has 0 bridgehead atoms. The highest BCUT2D eigenvalue weighted by Gasteiger charge is 2.29. The number of hydrogen-bond acceptors (Lipinski definition) is 5. The molecule has 0 spiro atoms. The lowest BCUT2D eigenvalue weighted by Crippen LogP contribution is -2.38. The van der Waals surface area contributed by atoms with Gasteiger partial charge in [0, 0.05) is 12.4 Å². The molecule has 2 heterocycles. The zero-order valence-corrected chi connectivity index (χ0v) is 13.5. The highest BCUT2D eigenvalue weighted by molar-refractivity contribution is 9.10. The Morgan fingerprint density at radius 2 is 2.53 bits per heavy atom. The van der Waals surface area contributed by atoms with E-state index in [1.165, 1.54) is 25.0 Å². The van der Waals surface area contributed by atoms with E-state index in [2.05, 4.69) is 26.5 Å². The Morgan fingerprint density at radius 1 is 1.68 bits per heavy atom. The Balaban J connectivity index is 2.18. The summed E-state index contributed by atoms with van der Waals surface area (Å²) < 4.78 is 8.13. The molecule has 7 heteroatoms. The summed E-state index contributed by atoms with van der Waals surface area (Å²) in [5.41, 5.74) is 4.10. The maximum Gasteiger partial charge on any atom is 0.0758 e. The zero-order valence-electron chi connectivity index (χ0n) is 11.1. The molecule has 1 aliphatic heterocycles. The molecule has 19 heavy (non-hydrogen) atoms. The summed E-state index contributed by atoms with van der Waals surface area (Å²) >= 11 is 5.59. The minimum Gasteiger partial charge on any atom is -0.383 e. The van der Waals surface area contributed by atoms with Crippen molar-refractivity contribution in [3.8, 4) is 0 Å². The number of nitrogens with one attached hydrogen (secondary N) is 1. The van der Waals surface area contributed by atoms with Crippen LogP contribution in [0.5, 0.6) is 0 Å². The number of halogens is 1. The number of nitrogens with zero attached hydrogens (tertiary/aromatic N) is 2. The van der Waals surface area contributed by atoms with Gasteiger partial charge in [-0.15, -0.1) is 0 Å². The van der Waals surface area contributed by atoms with Crippen LogP contribution >= 0.6 is 27.7 Å². The summed E-state index contributed by atoms with van der Waals surface area (Å²) in [6.07, 6.45) is 5.62. The molecule has 108 valence electrons. The number of aromatic nitrogens is 2. The minimum absolute atomic E-state index is 0.124. The molecule has 2 rings (SSSR count). The second kappa shape index (κ2) is 7.64. The van der Waals surface area contributed by atoms with Crippen LogP contribution in [0.25, 0.3) is 0 Å². The SMILES string of the molecule is COCCn1ncc(Br)c1C(NN)C1CCCCS1. The molecular weight excluding hydrogens is 328 g/mol. The van der Waals surface area contributed by atoms with Gasteiger partial charge in [-0.3, -0.25) is 16.0 Å². The van der Waals surface area contributed by atoms with Gasteiger partial charge < -0.3 is 4.74 Å². The second-order valence-electron chi connectivity index (χ2n) is 4.64. The fourth-order valence-corrected chi connectivity index (χ4v) is 4.38. The molecule has 1 aromatic heterocycles. The van der Waals surface area contributed by atoms with E-state index < -0.39 is 0 Å². The molecule has 3 N–H and O–H groups in total. The van der Waals surface area contributed by atoms with E-state index in [0.717, 1.165) is 16.7 Å². The number of nitrogens with two attached hydrogens (primary N) is 1. The van der Waals surface area contributed by atoms with Crippen molar-refractivity contribution in [2.75, 3.05) is 19.5 Å². The van der Waals surface area contributed by atoms with Gasteiger partial charge in [0.25, 0.3) is 0 Å². The van der Waals surface area contributed by atoms with Gasteiger partial charge in [0.1, 0.15) is 0 Å². The first-order valence-corrected chi connectivity index (χ1v) is 8.40. The van der Waals surface area contributed by atoms with Crippen molar-refractivity contribution < 1.29 is 4.74 Å². The van der Waals surface area contributed by atoms with Gasteiger partial charge in [0.05, 0.1) is 35.6 Å². The average molecular weight is 349 g/mol.